The maximum atomic E-state index is 13.9. The fourth-order valence-electron chi connectivity index (χ4n) is 1.69. The zero-order valence-electron chi connectivity index (χ0n) is 9.98. The first-order chi connectivity index (χ1) is 9.47. The molecule has 0 aliphatic carbocycles. The number of hydrogen-bond acceptors (Lipinski definition) is 4. The molecule has 0 bridgehead atoms. The predicted octanol–water partition coefficient (Wildman–Crippen LogP) is 3.46. The summed E-state index contributed by atoms with van der Waals surface area (Å²) in [5.74, 6) is -0.607. The Morgan fingerprint density at radius 3 is 2.95 bits per heavy atom. The smallest absolute Gasteiger partial charge is 0.385 e. The largest absolute Gasteiger partial charge is 0.411 e. The number of nitrogens with zero attached hydrogens (tertiary/aromatic N) is 1. The topological polar surface area (TPSA) is 64.7 Å². The second-order valence-electron chi connectivity index (χ2n) is 3.90. The van der Waals surface area contributed by atoms with E-state index in [9.17, 15) is 13.6 Å². The summed E-state index contributed by atoms with van der Waals surface area (Å²) < 4.78 is 32.7. The molecule has 106 valence electrons. The van der Waals surface area contributed by atoms with Crippen LogP contribution < -0.4 is 5.73 Å². The lowest BCUT2D eigenvalue weighted by Crippen LogP contribution is -2.30. The molecule has 2 rings (SSSR count). The molecule has 0 radical (unpaired) electrons. The molecule has 0 aromatic heterocycles. The first kappa shape index (κ1) is 15.0. The van der Waals surface area contributed by atoms with Crippen LogP contribution in [0.15, 0.2) is 39.1 Å². The van der Waals surface area contributed by atoms with Crippen molar-refractivity contribution in [3.8, 4) is 0 Å². The van der Waals surface area contributed by atoms with Gasteiger partial charge in [-0.25, -0.2) is 18.6 Å². The number of carbonyl (C=O) groups is 1. The van der Waals surface area contributed by atoms with E-state index in [1.807, 2.05) is 0 Å². The Kier molecular flexibility index (Phi) is 4.44. The van der Waals surface area contributed by atoms with Gasteiger partial charge in [-0.1, -0.05) is 15.9 Å². The number of amides is 1. The summed E-state index contributed by atoms with van der Waals surface area (Å²) in [6.07, 6.45) is 0.352. The van der Waals surface area contributed by atoms with Crippen LogP contribution in [0.4, 0.5) is 13.6 Å². The fraction of sp³-hybridized carbons (Fsp3) is 0.167. The standard InChI is InChI=1S/C12H9BrF2N2O2S/c13-7-1-2-9(15)8(5-7)12(6-14)3-4-20-11(17-12)19-10(16)18/h1-5H,6H2,(H2,16,18). The number of ether oxygens (including phenoxy) is 1. The second kappa shape index (κ2) is 5.92. The summed E-state index contributed by atoms with van der Waals surface area (Å²) in [6, 6.07) is 4.13. The Bertz CT molecular complexity index is 609. The van der Waals surface area contributed by atoms with E-state index in [1.54, 1.807) is 0 Å². The number of alkyl halides is 1. The lowest BCUT2D eigenvalue weighted by molar-refractivity contribution is 0.208. The number of primary amides is 1. The van der Waals surface area contributed by atoms with Crippen LogP contribution in [0.25, 0.3) is 0 Å². The van der Waals surface area contributed by atoms with E-state index in [4.69, 9.17) is 5.73 Å². The predicted molar refractivity (Wildman–Crippen MR) is 76.6 cm³/mol. The van der Waals surface area contributed by atoms with E-state index < -0.39 is 24.1 Å². The number of aliphatic imine (C=N–C) groups is 1. The minimum atomic E-state index is -1.57. The van der Waals surface area contributed by atoms with Crippen LogP contribution in [0.2, 0.25) is 0 Å². The van der Waals surface area contributed by atoms with Gasteiger partial charge in [0.25, 0.3) is 5.23 Å². The van der Waals surface area contributed by atoms with Gasteiger partial charge in [0.15, 0.2) is 0 Å². The molecule has 1 unspecified atom stereocenters. The third kappa shape index (κ3) is 3.01. The molecule has 2 N–H and O–H groups in total. The van der Waals surface area contributed by atoms with E-state index in [2.05, 4.69) is 25.7 Å². The fourth-order valence-corrected chi connectivity index (χ4v) is 2.81. The van der Waals surface area contributed by atoms with Gasteiger partial charge in [-0.3, -0.25) is 0 Å². The van der Waals surface area contributed by atoms with Crippen LogP contribution in [-0.2, 0) is 10.3 Å². The van der Waals surface area contributed by atoms with Crippen LogP contribution in [-0.4, -0.2) is 18.0 Å². The highest BCUT2D eigenvalue weighted by Crippen LogP contribution is 2.37. The van der Waals surface area contributed by atoms with E-state index >= 15 is 0 Å². The highest BCUT2D eigenvalue weighted by molar-refractivity contribution is 9.10. The van der Waals surface area contributed by atoms with Gasteiger partial charge in [-0.05, 0) is 41.4 Å². The minimum Gasteiger partial charge on any atom is -0.385 e. The van der Waals surface area contributed by atoms with Gasteiger partial charge in [-0.2, -0.15) is 0 Å². The first-order valence-corrected chi connectivity index (χ1v) is 7.07. The molecule has 1 aromatic carbocycles. The molecule has 1 aliphatic rings. The van der Waals surface area contributed by atoms with Crippen molar-refractivity contribution in [2.45, 2.75) is 5.54 Å². The average molecular weight is 363 g/mol. The number of nitrogens with two attached hydrogens (primary N) is 1. The molecule has 0 spiro atoms. The molecule has 0 saturated carbocycles. The van der Waals surface area contributed by atoms with Crippen LogP contribution >= 0.6 is 27.7 Å². The summed E-state index contributed by atoms with van der Waals surface area (Å²) in [6.45, 7) is -0.983. The molecule has 8 heteroatoms. The first-order valence-electron chi connectivity index (χ1n) is 5.40. The van der Waals surface area contributed by atoms with Crippen LogP contribution in [0.5, 0.6) is 0 Å². The Labute approximate surface area is 126 Å². The van der Waals surface area contributed by atoms with Crippen LogP contribution in [0, 0.1) is 5.82 Å². The molecule has 4 nitrogen and oxygen atoms in total. The van der Waals surface area contributed by atoms with E-state index in [0.29, 0.717) is 4.47 Å². The molecule has 20 heavy (non-hydrogen) atoms. The Morgan fingerprint density at radius 1 is 1.55 bits per heavy atom. The van der Waals surface area contributed by atoms with Crippen molar-refractivity contribution in [1.82, 2.24) is 0 Å². The van der Waals surface area contributed by atoms with Crippen LogP contribution in [0.1, 0.15) is 5.56 Å². The average Bonchev–Trinajstić information content (AvgIpc) is 2.41. The molecule has 1 aromatic rings. The van der Waals surface area contributed by atoms with E-state index in [0.717, 1.165) is 11.8 Å². The van der Waals surface area contributed by atoms with Gasteiger partial charge >= 0.3 is 6.09 Å². The SMILES string of the molecule is NC(=O)OC1=NC(CF)(c2cc(Br)ccc2F)C=CS1. The molecular weight excluding hydrogens is 354 g/mol. The summed E-state index contributed by atoms with van der Waals surface area (Å²) in [4.78, 5) is 14.7. The number of halogens is 3. The van der Waals surface area contributed by atoms with Crippen LogP contribution in [0.3, 0.4) is 0 Å². The lowest BCUT2D eigenvalue weighted by atomic mass is 9.91. The van der Waals surface area contributed by atoms with Crippen molar-refractivity contribution in [1.29, 1.82) is 0 Å². The molecule has 1 atom stereocenters. The van der Waals surface area contributed by atoms with Gasteiger partial charge < -0.3 is 10.5 Å². The maximum absolute atomic E-state index is 13.9. The number of benzene rings is 1. The highest BCUT2D eigenvalue weighted by atomic mass is 79.9. The third-order valence-electron chi connectivity index (χ3n) is 2.59. The Balaban J connectivity index is 2.50. The number of thioether (sulfide) groups is 1. The Morgan fingerprint density at radius 2 is 2.30 bits per heavy atom. The Hall–Kier alpha value is -1.41. The third-order valence-corrected chi connectivity index (χ3v) is 3.73. The lowest BCUT2D eigenvalue weighted by Gasteiger charge is -2.27. The van der Waals surface area contributed by atoms with Crippen molar-refractivity contribution < 1.29 is 18.3 Å². The van der Waals surface area contributed by atoms with Gasteiger partial charge in [0.2, 0.25) is 0 Å². The van der Waals surface area contributed by atoms with Gasteiger partial charge in [0, 0.05) is 10.0 Å². The highest BCUT2D eigenvalue weighted by Gasteiger charge is 2.35. The number of carbonyl (C=O) groups excluding carboxylic acids is 1. The zero-order valence-corrected chi connectivity index (χ0v) is 12.4. The monoisotopic (exact) mass is 362 g/mol. The molecule has 1 aliphatic heterocycles. The summed E-state index contributed by atoms with van der Waals surface area (Å²) in [5, 5.41) is 1.35. The van der Waals surface area contributed by atoms with Crippen molar-refractivity contribution >= 4 is 39.0 Å². The van der Waals surface area contributed by atoms with Gasteiger partial charge in [-0.15, -0.1) is 0 Å². The molecule has 1 heterocycles. The summed E-state index contributed by atoms with van der Waals surface area (Å²) in [7, 11) is 0. The molecule has 0 saturated heterocycles. The maximum Gasteiger partial charge on any atom is 0.411 e. The van der Waals surface area contributed by atoms with Crippen molar-refractivity contribution in [3.05, 3.63) is 45.5 Å². The van der Waals surface area contributed by atoms with E-state index in [1.165, 1.54) is 29.7 Å². The molecular formula is C12H9BrF2N2O2S. The van der Waals surface area contributed by atoms with Crippen molar-refractivity contribution in [2.75, 3.05) is 6.67 Å². The van der Waals surface area contributed by atoms with Crippen molar-refractivity contribution in [3.63, 3.8) is 0 Å². The van der Waals surface area contributed by atoms with Gasteiger partial charge in [0.05, 0.1) is 0 Å². The van der Waals surface area contributed by atoms with E-state index in [-0.39, 0.29) is 10.8 Å². The minimum absolute atomic E-state index is 0.0384. The normalized spacial score (nSPS) is 21.4. The quantitative estimate of drug-likeness (QED) is 0.875. The molecule has 0 fully saturated rings. The summed E-state index contributed by atoms with van der Waals surface area (Å²) >= 11 is 4.16. The van der Waals surface area contributed by atoms with Crippen molar-refractivity contribution in [2.24, 2.45) is 10.7 Å². The van der Waals surface area contributed by atoms with Gasteiger partial charge in [0.1, 0.15) is 18.0 Å². The number of hydrogen-bond donors (Lipinski definition) is 1. The second-order valence-corrected chi connectivity index (χ2v) is 5.67. The zero-order chi connectivity index (χ0) is 14.8. The summed E-state index contributed by atoms with van der Waals surface area (Å²) in [5.41, 5.74) is 3.36. The molecule has 1 amide bonds. The number of rotatable bonds is 2.